The van der Waals surface area contributed by atoms with Gasteiger partial charge >= 0.3 is 0 Å². The normalized spacial score (nSPS) is 18.8. The summed E-state index contributed by atoms with van der Waals surface area (Å²) in [6.45, 7) is 8.17. The van der Waals surface area contributed by atoms with Crippen LogP contribution in [0.4, 0.5) is 5.69 Å². The van der Waals surface area contributed by atoms with Gasteiger partial charge in [0.1, 0.15) is 18.5 Å². The number of anilines is 1. The summed E-state index contributed by atoms with van der Waals surface area (Å²) in [4.78, 5) is 14.7. The molecule has 0 radical (unpaired) electrons. The van der Waals surface area contributed by atoms with Crippen LogP contribution >= 0.6 is 24.8 Å². The maximum absolute atomic E-state index is 12.4. The number of nitrogens with zero attached hydrogens (tertiary/aromatic N) is 1. The summed E-state index contributed by atoms with van der Waals surface area (Å²) in [6, 6.07) is 7.50. The summed E-state index contributed by atoms with van der Waals surface area (Å²) in [6.07, 6.45) is 1.10. The molecule has 1 aromatic rings. The Balaban J connectivity index is 0.00000312. The molecule has 1 heterocycles. The van der Waals surface area contributed by atoms with Gasteiger partial charge in [0.05, 0.1) is 11.8 Å². The van der Waals surface area contributed by atoms with E-state index in [0.29, 0.717) is 31.0 Å². The highest BCUT2D eigenvalue weighted by Gasteiger charge is 2.30. The third kappa shape index (κ3) is 7.29. The van der Waals surface area contributed by atoms with E-state index in [1.165, 1.54) is 0 Å². The summed E-state index contributed by atoms with van der Waals surface area (Å²) < 4.78 is 11.5. The largest absolute Gasteiger partial charge is 0.490 e. The van der Waals surface area contributed by atoms with Crippen molar-refractivity contribution in [1.29, 1.82) is 0 Å². The van der Waals surface area contributed by atoms with Gasteiger partial charge in [-0.15, -0.1) is 24.8 Å². The van der Waals surface area contributed by atoms with Gasteiger partial charge in [-0.25, -0.2) is 0 Å². The summed E-state index contributed by atoms with van der Waals surface area (Å²) in [7, 11) is 0. The lowest BCUT2D eigenvalue weighted by molar-refractivity contribution is -0.126. The van der Waals surface area contributed by atoms with Gasteiger partial charge in [-0.05, 0) is 38.1 Å². The minimum Gasteiger partial charge on any atom is -0.490 e. The molecule has 1 aromatic carbocycles. The molecule has 1 saturated heterocycles. The number of ether oxygens (including phenoxy) is 2. The van der Waals surface area contributed by atoms with Gasteiger partial charge in [-0.2, -0.15) is 0 Å². The number of carbonyl (C=O) groups excluding carboxylic acids is 1. The van der Waals surface area contributed by atoms with Gasteiger partial charge in [0.15, 0.2) is 0 Å². The zero-order valence-corrected chi connectivity index (χ0v) is 17.1. The van der Waals surface area contributed by atoms with Gasteiger partial charge in [0.25, 0.3) is 5.91 Å². The maximum Gasteiger partial charge on any atom is 0.253 e. The Morgan fingerprint density at radius 3 is 2.58 bits per heavy atom. The molecule has 26 heavy (non-hydrogen) atoms. The Kier molecular flexibility index (Phi) is 12.6. The lowest BCUT2D eigenvalue weighted by atomic mass is 10.2. The van der Waals surface area contributed by atoms with Crippen LogP contribution in [0.1, 0.15) is 26.7 Å². The van der Waals surface area contributed by atoms with E-state index in [4.69, 9.17) is 15.2 Å². The van der Waals surface area contributed by atoms with Crippen LogP contribution in [0, 0.1) is 0 Å². The van der Waals surface area contributed by atoms with Crippen molar-refractivity contribution < 1.29 is 14.3 Å². The van der Waals surface area contributed by atoms with E-state index in [-0.39, 0.29) is 36.8 Å². The fourth-order valence-corrected chi connectivity index (χ4v) is 2.81. The Labute approximate surface area is 168 Å². The fourth-order valence-electron chi connectivity index (χ4n) is 2.81. The third-order valence-corrected chi connectivity index (χ3v) is 4.37. The van der Waals surface area contributed by atoms with Crippen molar-refractivity contribution in [3.63, 3.8) is 0 Å². The Bertz CT molecular complexity index is 530. The smallest absolute Gasteiger partial charge is 0.253 e. The first-order valence-corrected chi connectivity index (χ1v) is 8.78. The zero-order valence-electron chi connectivity index (χ0n) is 15.5. The molecule has 1 aliphatic rings. The van der Waals surface area contributed by atoms with Crippen molar-refractivity contribution in [2.24, 2.45) is 5.73 Å². The summed E-state index contributed by atoms with van der Waals surface area (Å²) in [5, 5.41) is 2.92. The maximum atomic E-state index is 12.4. The van der Waals surface area contributed by atoms with Gasteiger partial charge in [-0.1, -0.05) is 26.0 Å². The van der Waals surface area contributed by atoms with Crippen LogP contribution in [0.25, 0.3) is 0 Å². The van der Waals surface area contributed by atoms with E-state index in [1.807, 2.05) is 24.3 Å². The number of rotatable bonds is 9. The molecule has 8 heteroatoms. The lowest BCUT2D eigenvalue weighted by Crippen LogP contribution is -2.30. The lowest BCUT2D eigenvalue weighted by Gasteiger charge is -2.19. The summed E-state index contributed by atoms with van der Waals surface area (Å²) in [5.74, 6) is 0.553. The van der Waals surface area contributed by atoms with Crippen molar-refractivity contribution in [1.82, 2.24) is 4.90 Å². The minimum absolute atomic E-state index is 0. The van der Waals surface area contributed by atoms with Crippen LogP contribution in [-0.4, -0.2) is 55.8 Å². The Morgan fingerprint density at radius 2 is 1.96 bits per heavy atom. The second kappa shape index (κ2) is 13.2. The molecule has 0 bridgehead atoms. The van der Waals surface area contributed by atoms with Crippen LogP contribution in [0.15, 0.2) is 24.3 Å². The van der Waals surface area contributed by atoms with Gasteiger partial charge < -0.3 is 25.4 Å². The second-order valence-electron chi connectivity index (χ2n) is 5.92. The monoisotopic (exact) mass is 407 g/mol. The number of likely N-dealkylation sites (N-methyl/N-ethyl adjacent to an activating group) is 1. The molecule has 3 N–H and O–H groups in total. The molecule has 0 aliphatic carbocycles. The standard InChI is InChI=1S/C18H29N3O3.2ClH/c1-3-21(4-2)11-12-23-16-8-6-5-7-15(16)20-18(22)17-10-9-14(13-19)24-17;;/h5-8,14,17H,3-4,9-13,19H2,1-2H3,(H,20,22);2*1H/t14-,17+;;/m1../s1. The highest BCUT2D eigenvalue weighted by atomic mass is 35.5. The number of hydrogen-bond donors (Lipinski definition) is 2. The highest BCUT2D eigenvalue weighted by molar-refractivity contribution is 5.95. The van der Waals surface area contributed by atoms with E-state index in [1.54, 1.807) is 0 Å². The average Bonchev–Trinajstić information content (AvgIpc) is 3.09. The second-order valence-corrected chi connectivity index (χ2v) is 5.92. The average molecular weight is 408 g/mol. The number of nitrogens with one attached hydrogen (secondary N) is 1. The quantitative estimate of drug-likeness (QED) is 0.657. The molecule has 150 valence electrons. The minimum atomic E-state index is -0.428. The molecule has 1 amide bonds. The van der Waals surface area contributed by atoms with Crippen molar-refractivity contribution >= 4 is 36.4 Å². The first-order chi connectivity index (χ1) is 11.7. The molecule has 0 unspecified atom stereocenters. The van der Waals surface area contributed by atoms with E-state index in [2.05, 4.69) is 24.1 Å². The molecular formula is C18H31Cl2N3O3. The van der Waals surface area contributed by atoms with Crippen molar-refractivity contribution in [2.75, 3.05) is 38.1 Å². The van der Waals surface area contributed by atoms with Crippen LogP contribution < -0.4 is 15.8 Å². The summed E-state index contributed by atoms with van der Waals surface area (Å²) >= 11 is 0. The molecule has 0 aromatic heterocycles. The fraction of sp³-hybridized carbons (Fsp3) is 0.611. The first-order valence-electron chi connectivity index (χ1n) is 8.78. The molecule has 1 aliphatic heterocycles. The number of benzene rings is 1. The molecular weight excluding hydrogens is 377 g/mol. The number of carbonyl (C=O) groups is 1. The van der Waals surface area contributed by atoms with Crippen LogP contribution in [0.2, 0.25) is 0 Å². The number of nitrogens with two attached hydrogens (primary N) is 1. The van der Waals surface area contributed by atoms with E-state index < -0.39 is 6.10 Å². The molecule has 2 rings (SSSR count). The molecule has 0 saturated carbocycles. The number of halogens is 2. The number of hydrogen-bond acceptors (Lipinski definition) is 5. The highest BCUT2D eigenvalue weighted by Crippen LogP contribution is 2.26. The predicted octanol–water partition coefficient (Wildman–Crippen LogP) is 2.70. The number of para-hydroxylation sites is 2. The SMILES string of the molecule is CCN(CC)CCOc1ccccc1NC(=O)[C@@H]1CC[C@H](CN)O1.Cl.Cl. The van der Waals surface area contributed by atoms with Crippen molar-refractivity contribution in [3.05, 3.63) is 24.3 Å². The Morgan fingerprint density at radius 1 is 1.27 bits per heavy atom. The van der Waals surface area contributed by atoms with E-state index in [9.17, 15) is 4.79 Å². The molecule has 1 fully saturated rings. The molecule has 0 spiro atoms. The van der Waals surface area contributed by atoms with Gasteiger partial charge in [0, 0.05) is 13.1 Å². The summed E-state index contributed by atoms with van der Waals surface area (Å²) in [5.41, 5.74) is 6.28. The van der Waals surface area contributed by atoms with Crippen LogP contribution in [-0.2, 0) is 9.53 Å². The molecule has 6 nitrogen and oxygen atoms in total. The zero-order chi connectivity index (χ0) is 17.4. The van der Waals surface area contributed by atoms with E-state index >= 15 is 0 Å². The third-order valence-electron chi connectivity index (χ3n) is 4.37. The predicted molar refractivity (Wildman–Crippen MR) is 110 cm³/mol. The van der Waals surface area contributed by atoms with Crippen molar-refractivity contribution in [2.45, 2.75) is 38.9 Å². The van der Waals surface area contributed by atoms with Crippen LogP contribution in [0.3, 0.4) is 0 Å². The number of amides is 1. The van der Waals surface area contributed by atoms with Gasteiger partial charge in [-0.3, -0.25) is 4.79 Å². The van der Waals surface area contributed by atoms with Crippen molar-refractivity contribution in [3.8, 4) is 5.75 Å². The molecule has 2 atom stereocenters. The topological polar surface area (TPSA) is 76.8 Å². The first kappa shape index (κ1) is 24.9. The van der Waals surface area contributed by atoms with Gasteiger partial charge in [0.2, 0.25) is 0 Å². The van der Waals surface area contributed by atoms with Crippen LogP contribution in [0.5, 0.6) is 5.75 Å². The van der Waals surface area contributed by atoms with E-state index in [0.717, 1.165) is 26.1 Å². The Hall–Kier alpha value is -1.05.